The number of rotatable bonds is 0. The molecule has 0 saturated carbocycles. The molecule has 0 amide bonds. The van der Waals surface area contributed by atoms with Crippen molar-refractivity contribution in [3.63, 3.8) is 0 Å². The number of aromatic hydroxyl groups is 1. The second kappa shape index (κ2) is 3.42. The molecule has 0 bridgehead atoms. The summed E-state index contributed by atoms with van der Waals surface area (Å²) in [6.45, 7) is 0. The molecule has 1 N–H and O–H groups in total. The van der Waals surface area contributed by atoms with Crippen molar-refractivity contribution in [2.75, 3.05) is 0 Å². The summed E-state index contributed by atoms with van der Waals surface area (Å²) in [6.07, 6.45) is 1.66. The van der Waals surface area contributed by atoms with Crippen molar-refractivity contribution in [3.05, 3.63) is 59.9 Å². The van der Waals surface area contributed by atoms with E-state index in [2.05, 4.69) is 4.98 Å². The highest BCUT2D eigenvalue weighted by molar-refractivity contribution is 6.24. The van der Waals surface area contributed by atoms with E-state index in [0.717, 1.165) is 21.9 Å². The predicted octanol–water partition coefficient (Wildman–Crippen LogP) is 3.15. The molecule has 3 aromatic rings. The fourth-order valence-corrected chi connectivity index (χ4v) is 2.71. The van der Waals surface area contributed by atoms with Crippen LogP contribution in [-0.4, -0.2) is 15.9 Å². The summed E-state index contributed by atoms with van der Waals surface area (Å²) in [5.41, 5.74) is 2.81. The number of benzene rings is 2. The number of carbonyl (C=O) groups excluding carboxylic acids is 1. The highest BCUT2D eigenvalue weighted by Gasteiger charge is 2.26. The molecule has 0 spiro atoms. The lowest BCUT2D eigenvalue weighted by molar-refractivity contribution is 0.103. The van der Waals surface area contributed by atoms with Gasteiger partial charge in [0.05, 0.1) is 0 Å². The summed E-state index contributed by atoms with van der Waals surface area (Å²) in [7, 11) is 0. The number of carbonyl (C=O) groups is 1. The average Bonchev–Trinajstić information content (AvgIpc) is 2.44. The minimum absolute atomic E-state index is 0.0840. The fourth-order valence-electron chi connectivity index (χ4n) is 2.71. The van der Waals surface area contributed by atoms with Gasteiger partial charge in [-0.1, -0.05) is 18.2 Å². The van der Waals surface area contributed by atoms with Crippen LogP contribution < -0.4 is 0 Å². The summed E-state index contributed by atoms with van der Waals surface area (Å²) in [5, 5.41) is 11.5. The first-order valence-electron chi connectivity index (χ1n) is 6.01. The summed E-state index contributed by atoms with van der Waals surface area (Å²) in [5.74, 6) is 0.0789. The Balaban J connectivity index is 2.25. The SMILES string of the molecule is O=C1c2ccc(O)cc2-c2cccc3ccnc1c23. The van der Waals surface area contributed by atoms with Gasteiger partial charge in [0.1, 0.15) is 11.4 Å². The first kappa shape index (κ1) is 10.3. The van der Waals surface area contributed by atoms with Crippen LogP contribution in [0.4, 0.5) is 0 Å². The van der Waals surface area contributed by atoms with Gasteiger partial charge in [-0.25, -0.2) is 0 Å². The van der Waals surface area contributed by atoms with Crippen LogP contribution in [0.3, 0.4) is 0 Å². The first-order valence-corrected chi connectivity index (χ1v) is 6.01. The van der Waals surface area contributed by atoms with E-state index in [0.29, 0.717) is 11.3 Å². The molecule has 0 radical (unpaired) electrons. The maximum absolute atomic E-state index is 12.5. The number of aromatic nitrogens is 1. The number of phenols is 1. The van der Waals surface area contributed by atoms with Crippen LogP contribution in [0.15, 0.2) is 48.7 Å². The Bertz CT molecular complexity index is 847. The van der Waals surface area contributed by atoms with Gasteiger partial charge < -0.3 is 5.11 Å². The maximum Gasteiger partial charge on any atom is 0.212 e. The molecule has 3 nitrogen and oxygen atoms in total. The molecule has 2 aromatic carbocycles. The highest BCUT2D eigenvalue weighted by atomic mass is 16.3. The Labute approximate surface area is 109 Å². The van der Waals surface area contributed by atoms with Crippen molar-refractivity contribution in [2.45, 2.75) is 0 Å². The lowest BCUT2D eigenvalue weighted by atomic mass is 9.85. The number of hydrogen-bond acceptors (Lipinski definition) is 3. The van der Waals surface area contributed by atoms with E-state index in [1.807, 2.05) is 24.3 Å². The van der Waals surface area contributed by atoms with Crippen LogP contribution >= 0.6 is 0 Å². The van der Waals surface area contributed by atoms with E-state index >= 15 is 0 Å². The molecule has 19 heavy (non-hydrogen) atoms. The molecule has 0 aliphatic heterocycles. The van der Waals surface area contributed by atoms with Crippen LogP contribution in [0.5, 0.6) is 5.75 Å². The zero-order valence-electron chi connectivity index (χ0n) is 9.92. The monoisotopic (exact) mass is 247 g/mol. The van der Waals surface area contributed by atoms with Crippen molar-refractivity contribution >= 4 is 16.6 Å². The van der Waals surface area contributed by atoms with Crippen LogP contribution in [-0.2, 0) is 0 Å². The van der Waals surface area contributed by atoms with Gasteiger partial charge in [-0.2, -0.15) is 0 Å². The van der Waals surface area contributed by atoms with E-state index in [1.165, 1.54) is 6.07 Å². The van der Waals surface area contributed by atoms with E-state index in [-0.39, 0.29) is 11.5 Å². The molecular formula is C16H9NO2. The van der Waals surface area contributed by atoms with Gasteiger partial charge in [-0.05, 0) is 40.8 Å². The standard InChI is InChI=1S/C16H9NO2/c18-10-4-5-12-13(8-10)11-3-1-2-9-6-7-17-15(14(9)11)16(12)19/h1-8,18H. The number of hydrogen-bond donors (Lipinski definition) is 1. The lowest BCUT2D eigenvalue weighted by Crippen LogP contribution is -2.11. The summed E-state index contributed by atoms with van der Waals surface area (Å²) >= 11 is 0. The molecule has 1 heterocycles. The smallest absolute Gasteiger partial charge is 0.212 e. The Kier molecular flexibility index (Phi) is 1.85. The molecule has 0 unspecified atom stereocenters. The van der Waals surface area contributed by atoms with Gasteiger partial charge in [0, 0.05) is 17.1 Å². The normalized spacial score (nSPS) is 12.5. The van der Waals surface area contributed by atoms with Crippen molar-refractivity contribution in [1.82, 2.24) is 4.98 Å². The third kappa shape index (κ3) is 1.27. The molecular weight excluding hydrogens is 238 g/mol. The Morgan fingerprint density at radius 3 is 2.74 bits per heavy atom. The molecule has 90 valence electrons. The first-order chi connectivity index (χ1) is 9.25. The predicted molar refractivity (Wildman–Crippen MR) is 72.3 cm³/mol. The fraction of sp³-hybridized carbons (Fsp3) is 0. The minimum atomic E-state index is -0.0840. The number of pyridine rings is 1. The van der Waals surface area contributed by atoms with Crippen molar-refractivity contribution in [1.29, 1.82) is 0 Å². The molecule has 3 heteroatoms. The van der Waals surface area contributed by atoms with Gasteiger partial charge in [0.15, 0.2) is 0 Å². The third-order valence-electron chi connectivity index (χ3n) is 3.54. The Morgan fingerprint density at radius 2 is 1.84 bits per heavy atom. The van der Waals surface area contributed by atoms with E-state index in [1.54, 1.807) is 18.3 Å². The summed E-state index contributed by atoms with van der Waals surface area (Å²) < 4.78 is 0. The van der Waals surface area contributed by atoms with Crippen molar-refractivity contribution < 1.29 is 9.90 Å². The molecule has 1 aromatic heterocycles. The Hall–Kier alpha value is -2.68. The Morgan fingerprint density at radius 1 is 0.947 bits per heavy atom. The lowest BCUT2D eigenvalue weighted by Gasteiger charge is -2.18. The third-order valence-corrected chi connectivity index (χ3v) is 3.54. The van der Waals surface area contributed by atoms with E-state index < -0.39 is 0 Å². The molecule has 0 fully saturated rings. The number of fused-ring (bicyclic) bond motifs is 2. The second-order valence-corrected chi connectivity index (χ2v) is 4.62. The van der Waals surface area contributed by atoms with Gasteiger partial charge >= 0.3 is 0 Å². The zero-order chi connectivity index (χ0) is 13.0. The molecule has 0 atom stereocenters. The van der Waals surface area contributed by atoms with E-state index in [9.17, 15) is 9.90 Å². The number of ketones is 1. The molecule has 0 saturated heterocycles. The molecule has 1 aliphatic rings. The van der Waals surface area contributed by atoms with Crippen LogP contribution in [0.1, 0.15) is 16.1 Å². The molecule has 4 rings (SSSR count). The number of phenolic OH excluding ortho intramolecular Hbond substituents is 1. The average molecular weight is 247 g/mol. The second-order valence-electron chi connectivity index (χ2n) is 4.62. The minimum Gasteiger partial charge on any atom is -0.508 e. The van der Waals surface area contributed by atoms with Crippen molar-refractivity contribution in [3.8, 4) is 16.9 Å². The van der Waals surface area contributed by atoms with Gasteiger partial charge in [-0.3, -0.25) is 9.78 Å². The summed E-state index contributed by atoms with van der Waals surface area (Å²) in [4.78, 5) is 16.7. The van der Waals surface area contributed by atoms with Crippen LogP contribution in [0.2, 0.25) is 0 Å². The van der Waals surface area contributed by atoms with Gasteiger partial charge in [-0.15, -0.1) is 0 Å². The number of nitrogens with zero attached hydrogens (tertiary/aromatic N) is 1. The van der Waals surface area contributed by atoms with Gasteiger partial charge in [0.25, 0.3) is 0 Å². The molecule has 1 aliphatic carbocycles. The van der Waals surface area contributed by atoms with Gasteiger partial charge in [0.2, 0.25) is 5.78 Å². The van der Waals surface area contributed by atoms with Crippen LogP contribution in [0, 0.1) is 0 Å². The van der Waals surface area contributed by atoms with Crippen LogP contribution in [0.25, 0.3) is 21.9 Å². The zero-order valence-corrected chi connectivity index (χ0v) is 9.92. The largest absolute Gasteiger partial charge is 0.508 e. The van der Waals surface area contributed by atoms with Crippen molar-refractivity contribution in [2.24, 2.45) is 0 Å². The quantitative estimate of drug-likeness (QED) is 0.519. The maximum atomic E-state index is 12.5. The topological polar surface area (TPSA) is 50.2 Å². The summed E-state index contributed by atoms with van der Waals surface area (Å²) in [6, 6.07) is 12.6. The highest BCUT2D eigenvalue weighted by Crippen LogP contribution is 2.39. The van der Waals surface area contributed by atoms with E-state index in [4.69, 9.17) is 0 Å².